The predicted octanol–water partition coefficient (Wildman–Crippen LogP) is 6.88. The normalized spacial score (nSPS) is 11.1. The van der Waals surface area contributed by atoms with E-state index in [2.05, 4.69) is 37.9 Å². The Morgan fingerprint density at radius 3 is 2.07 bits per heavy atom. The lowest BCUT2D eigenvalue weighted by molar-refractivity contribution is 0.296. The maximum Gasteiger partial charge on any atom is 0.128 e. The van der Waals surface area contributed by atoms with Crippen LogP contribution in [0.2, 0.25) is 0 Å². The van der Waals surface area contributed by atoms with Gasteiger partial charge in [0.15, 0.2) is 0 Å². The van der Waals surface area contributed by atoms with Crippen molar-refractivity contribution in [3.05, 3.63) is 53.6 Å². The maximum absolute atomic E-state index is 6.06. The van der Waals surface area contributed by atoms with Gasteiger partial charge in [0.25, 0.3) is 0 Å². The second-order valence-corrected chi connectivity index (χ2v) is 6.86. The summed E-state index contributed by atoms with van der Waals surface area (Å²) in [5.74, 6) is 1.80. The van der Waals surface area contributed by atoms with E-state index in [4.69, 9.17) is 9.47 Å². The molecule has 2 rings (SSSR count). The Morgan fingerprint density at radius 1 is 0.815 bits per heavy atom. The SMILES string of the molecule is CCCCCOc1cc(C=Nc2ccccc2)c(OCCCCC)cc1C. The second-order valence-electron chi connectivity index (χ2n) is 6.86. The molecule has 27 heavy (non-hydrogen) atoms. The van der Waals surface area contributed by atoms with Crippen LogP contribution in [0.5, 0.6) is 11.5 Å². The van der Waals surface area contributed by atoms with Crippen molar-refractivity contribution in [1.29, 1.82) is 0 Å². The summed E-state index contributed by atoms with van der Waals surface area (Å²) in [5.41, 5.74) is 3.00. The third-order valence-electron chi connectivity index (χ3n) is 4.43. The molecule has 0 amide bonds. The van der Waals surface area contributed by atoms with E-state index in [0.29, 0.717) is 0 Å². The van der Waals surface area contributed by atoms with Crippen LogP contribution in [0.3, 0.4) is 0 Å². The third-order valence-corrected chi connectivity index (χ3v) is 4.43. The fourth-order valence-corrected chi connectivity index (χ4v) is 2.79. The van der Waals surface area contributed by atoms with E-state index in [0.717, 1.165) is 54.4 Å². The van der Waals surface area contributed by atoms with Gasteiger partial charge in [-0.2, -0.15) is 0 Å². The Morgan fingerprint density at radius 2 is 1.44 bits per heavy atom. The molecule has 0 spiro atoms. The highest BCUT2D eigenvalue weighted by Crippen LogP contribution is 2.28. The van der Waals surface area contributed by atoms with Crippen molar-refractivity contribution < 1.29 is 9.47 Å². The van der Waals surface area contributed by atoms with E-state index in [1.807, 2.05) is 36.5 Å². The summed E-state index contributed by atoms with van der Waals surface area (Å²) in [4.78, 5) is 4.60. The van der Waals surface area contributed by atoms with Gasteiger partial charge in [-0.1, -0.05) is 57.7 Å². The average molecular weight is 368 g/mol. The van der Waals surface area contributed by atoms with Crippen LogP contribution in [-0.4, -0.2) is 19.4 Å². The first-order valence-electron chi connectivity index (χ1n) is 10.2. The summed E-state index contributed by atoms with van der Waals surface area (Å²) in [6, 6.07) is 14.1. The molecule has 0 unspecified atom stereocenters. The highest BCUT2D eigenvalue weighted by molar-refractivity contribution is 5.86. The van der Waals surface area contributed by atoms with Crippen molar-refractivity contribution in [2.75, 3.05) is 13.2 Å². The topological polar surface area (TPSA) is 30.8 Å². The van der Waals surface area contributed by atoms with Crippen molar-refractivity contribution in [3.63, 3.8) is 0 Å². The standard InChI is InChI=1S/C24H33NO2/c1-4-6-11-15-26-23-18-21(19-25-22-13-9-8-10-14-22)24(17-20(23)3)27-16-12-7-5-2/h8-10,13-14,17-19H,4-7,11-12,15-16H2,1-3H3. The van der Waals surface area contributed by atoms with E-state index in [1.165, 1.54) is 25.7 Å². The summed E-state index contributed by atoms with van der Waals surface area (Å²) < 4.78 is 12.1. The first kappa shape index (κ1) is 21.0. The number of para-hydroxylation sites is 1. The van der Waals surface area contributed by atoms with Crippen molar-refractivity contribution in [1.82, 2.24) is 0 Å². The van der Waals surface area contributed by atoms with Gasteiger partial charge in [-0.05, 0) is 49.6 Å². The molecule has 2 aromatic rings. The summed E-state index contributed by atoms with van der Waals surface area (Å²) in [6.07, 6.45) is 8.80. The number of rotatable bonds is 12. The molecule has 146 valence electrons. The smallest absolute Gasteiger partial charge is 0.128 e. The number of hydrogen-bond donors (Lipinski definition) is 0. The van der Waals surface area contributed by atoms with Gasteiger partial charge in [0.05, 0.1) is 18.9 Å². The minimum Gasteiger partial charge on any atom is -0.493 e. The summed E-state index contributed by atoms with van der Waals surface area (Å²) in [5, 5.41) is 0. The molecule has 0 aliphatic heterocycles. The molecule has 0 saturated heterocycles. The third kappa shape index (κ3) is 7.46. The van der Waals surface area contributed by atoms with E-state index in [9.17, 15) is 0 Å². The Balaban J connectivity index is 2.17. The average Bonchev–Trinajstić information content (AvgIpc) is 2.69. The van der Waals surface area contributed by atoms with E-state index >= 15 is 0 Å². The summed E-state index contributed by atoms with van der Waals surface area (Å²) >= 11 is 0. The molecule has 3 nitrogen and oxygen atoms in total. The zero-order valence-corrected chi connectivity index (χ0v) is 17.0. The molecule has 0 fully saturated rings. The summed E-state index contributed by atoms with van der Waals surface area (Å²) in [7, 11) is 0. The Bertz CT molecular complexity index is 695. The molecule has 0 bridgehead atoms. The minimum absolute atomic E-state index is 0.732. The molecule has 0 aromatic heterocycles. The van der Waals surface area contributed by atoms with Crippen molar-refractivity contribution in [2.24, 2.45) is 4.99 Å². The molecule has 0 N–H and O–H groups in total. The van der Waals surface area contributed by atoms with Gasteiger partial charge in [0.2, 0.25) is 0 Å². The Kier molecular flexibility index (Phi) is 9.47. The van der Waals surface area contributed by atoms with Gasteiger partial charge in [0, 0.05) is 11.8 Å². The fraction of sp³-hybridized carbons (Fsp3) is 0.458. The van der Waals surface area contributed by atoms with Gasteiger partial charge in [0.1, 0.15) is 11.5 Å². The van der Waals surface area contributed by atoms with Crippen molar-refractivity contribution in [2.45, 2.75) is 59.3 Å². The van der Waals surface area contributed by atoms with Crippen LogP contribution in [0.25, 0.3) is 0 Å². The number of benzene rings is 2. The highest BCUT2D eigenvalue weighted by Gasteiger charge is 2.09. The number of unbranched alkanes of at least 4 members (excludes halogenated alkanes) is 4. The molecular weight excluding hydrogens is 334 g/mol. The van der Waals surface area contributed by atoms with Crippen LogP contribution >= 0.6 is 0 Å². The quantitative estimate of drug-likeness (QED) is 0.302. The number of nitrogens with zero attached hydrogens (tertiary/aromatic N) is 1. The molecular formula is C24H33NO2. The van der Waals surface area contributed by atoms with Gasteiger partial charge < -0.3 is 9.47 Å². The van der Waals surface area contributed by atoms with Crippen LogP contribution in [-0.2, 0) is 0 Å². The molecule has 0 heterocycles. The molecule has 0 saturated carbocycles. The molecule has 2 aromatic carbocycles. The van der Waals surface area contributed by atoms with E-state index < -0.39 is 0 Å². The Labute approximate surface area is 164 Å². The van der Waals surface area contributed by atoms with Gasteiger partial charge >= 0.3 is 0 Å². The highest BCUT2D eigenvalue weighted by atomic mass is 16.5. The number of aryl methyl sites for hydroxylation is 1. The van der Waals surface area contributed by atoms with Crippen LogP contribution in [0, 0.1) is 6.92 Å². The van der Waals surface area contributed by atoms with E-state index in [-0.39, 0.29) is 0 Å². The first-order chi connectivity index (χ1) is 13.2. The van der Waals surface area contributed by atoms with Crippen LogP contribution in [0.1, 0.15) is 63.5 Å². The molecule has 0 atom stereocenters. The summed E-state index contributed by atoms with van der Waals surface area (Å²) in [6.45, 7) is 7.96. The molecule has 0 aliphatic rings. The monoisotopic (exact) mass is 367 g/mol. The lowest BCUT2D eigenvalue weighted by Gasteiger charge is -2.14. The fourth-order valence-electron chi connectivity index (χ4n) is 2.79. The van der Waals surface area contributed by atoms with Gasteiger partial charge in [-0.3, -0.25) is 4.99 Å². The number of ether oxygens (including phenoxy) is 2. The van der Waals surface area contributed by atoms with E-state index in [1.54, 1.807) is 0 Å². The predicted molar refractivity (Wildman–Crippen MR) is 115 cm³/mol. The zero-order valence-electron chi connectivity index (χ0n) is 17.0. The van der Waals surface area contributed by atoms with Crippen LogP contribution < -0.4 is 9.47 Å². The number of hydrogen-bond acceptors (Lipinski definition) is 3. The molecule has 0 radical (unpaired) electrons. The van der Waals surface area contributed by atoms with Crippen LogP contribution in [0.15, 0.2) is 47.5 Å². The lowest BCUT2D eigenvalue weighted by atomic mass is 10.1. The van der Waals surface area contributed by atoms with Crippen LogP contribution in [0.4, 0.5) is 5.69 Å². The maximum atomic E-state index is 6.06. The second kappa shape index (κ2) is 12.2. The molecule has 0 aliphatic carbocycles. The minimum atomic E-state index is 0.732. The zero-order chi connectivity index (χ0) is 19.3. The first-order valence-corrected chi connectivity index (χ1v) is 10.2. The largest absolute Gasteiger partial charge is 0.493 e. The Hall–Kier alpha value is -2.29. The van der Waals surface area contributed by atoms with Crippen molar-refractivity contribution in [3.8, 4) is 11.5 Å². The van der Waals surface area contributed by atoms with Gasteiger partial charge in [-0.25, -0.2) is 0 Å². The van der Waals surface area contributed by atoms with Crippen molar-refractivity contribution >= 4 is 11.9 Å². The molecule has 3 heteroatoms. The number of aliphatic imine (C=N–C) groups is 1. The van der Waals surface area contributed by atoms with Gasteiger partial charge in [-0.15, -0.1) is 0 Å². The lowest BCUT2D eigenvalue weighted by Crippen LogP contribution is -2.03.